The summed E-state index contributed by atoms with van der Waals surface area (Å²) < 4.78 is 2.09. The van der Waals surface area contributed by atoms with Crippen molar-refractivity contribution in [3.63, 3.8) is 0 Å². The highest BCUT2D eigenvalue weighted by Gasteiger charge is 2.06. The lowest BCUT2D eigenvalue weighted by Crippen LogP contribution is -1.92. The Morgan fingerprint density at radius 2 is 1.90 bits per heavy atom. The highest BCUT2D eigenvalue weighted by molar-refractivity contribution is 7.46. The maximum atomic E-state index is 4.72. The van der Waals surface area contributed by atoms with Crippen LogP contribution < -0.4 is 5.30 Å². The van der Waals surface area contributed by atoms with Crippen LogP contribution in [0.4, 0.5) is 0 Å². The van der Waals surface area contributed by atoms with Crippen molar-refractivity contribution in [2.75, 3.05) is 6.66 Å². The van der Waals surface area contributed by atoms with Gasteiger partial charge in [0.15, 0.2) is 0 Å². The van der Waals surface area contributed by atoms with Crippen LogP contribution in [0.1, 0.15) is 19.4 Å². The Morgan fingerprint density at radius 1 is 1.10 bits per heavy atom. The second kappa shape index (κ2) is 6.67. The number of fused-ring (bicyclic) bond motifs is 1. The molecule has 0 aliphatic carbocycles. The zero-order chi connectivity index (χ0) is 14.5. The molecule has 1 unspecified atom stereocenters. The summed E-state index contributed by atoms with van der Waals surface area (Å²) in [5.41, 5.74) is 4.49. The van der Waals surface area contributed by atoms with Gasteiger partial charge >= 0.3 is 0 Å². The van der Waals surface area contributed by atoms with Crippen LogP contribution in [0.3, 0.4) is 0 Å². The van der Waals surface area contributed by atoms with Gasteiger partial charge in [-0.15, -0.1) is 0 Å². The Balaban J connectivity index is 0.000000704. The molecule has 0 radical (unpaired) electrons. The van der Waals surface area contributed by atoms with Gasteiger partial charge in [-0.05, 0) is 36.6 Å². The molecule has 3 rings (SSSR count). The predicted octanol–water partition coefficient (Wildman–Crippen LogP) is 4.27. The van der Waals surface area contributed by atoms with Crippen molar-refractivity contribution in [3.8, 4) is 11.3 Å². The second-order valence-electron chi connectivity index (χ2n) is 4.38. The second-order valence-corrected chi connectivity index (χ2v) is 5.46. The zero-order valence-electron chi connectivity index (χ0n) is 12.5. The third kappa shape index (κ3) is 2.91. The summed E-state index contributed by atoms with van der Waals surface area (Å²) in [5, 5.41) is 1.38. The molecule has 0 aliphatic rings. The summed E-state index contributed by atoms with van der Waals surface area (Å²) in [4.78, 5) is 4.72. The van der Waals surface area contributed by atoms with Gasteiger partial charge in [-0.25, -0.2) is 4.98 Å². The average molecular weight is 284 g/mol. The minimum atomic E-state index is 0.823. The first-order chi connectivity index (χ1) is 9.78. The molecule has 3 heteroatoms. The van der Waals surface area contributed by atoms with Crippen molar-refractivity contribution in [2.24, 2.45) is 0 Å². The fourth-order valence-corrected chi connectivity index (χ4v) is 2.69. The van der Waals surface area contributed by atoms with Gasteiger partial charge in [0.05, 0.1) is 5.69 Å². The van der Waals surface area contributed by atoms with E-state index >= 15 is 0 Å². The number of hydrogen-bond acceptors (Lipinski definition) is 1. The van der Waals surface area contributed by atoms with Crippen molar-refractivity contribution in [2.45, 2.75) is 20.8 Å². The van der Waals surface area contributed by atoms with Crippen LogP contribution in [0, 0.1) is 6.92 Å². The number of aromatic nitrogens is 2. The molecule has 0 N–H and O–H groups in total. The van der Waals surface area contributed by atoms with Crippen LogP contribution in [0.15, 0.2) is 48.8 Å². The van der Waals surface area contributed by atoms with Crippen LogP contribution in [0.25, 0.3) is 16.9 Å². The number of benzene rings is 1. The Morgan fingerprint density at radius 3 is 2.60 bits per heavy atom. The molecular formula is C17H21N2P. The number of aryl methyl sites for hydroxylation is 1. The molecule has 0 amide bonds. The molecule has 0 bridgehead atoms. The molecule has 0 aliphatic heterocycles. The van der Waals surface area contributed by atoms with E-state index in [1.807, 2.05) is 20.0 Å². The maximum Gasteiger partial charge on any atom is 0.140 e. The largest absolute Gasteiger partial charge is 0.306 e. The van der Waals surface area contributed by atoms with E-state index in [2.05, 4.69) is 60.6 Å². The molecule has 20 heavy (non-hydrogen) atoms. The van der Waals surface area contributed by atoms with Crippen LogP contribution >= 0.6 is 8.58 Å². The number of imidazole rings is 1. The topological polar surface area (TPSA) is 17.3 Å². The quantitative estimate of drug-likeness (QED) is 0.642. The van der Waals surface area contributed by atoms with Gasteiger partial charge in [0.25, 0.3) is 0 Å². The van der Waals surface area contributed by atoms with Gasteiger partial charge in [0.2, 0.25) is 0 Å². The number of nitrogens with zero attached hydrogens (tertiary/aromatic N) is 2. The number of hydrogen-bond donors (Lipinski definition) is 0. The summed E-state index contributed by atoms with van der Waals surface area (Å²) in [6, 6.07) is 12.8. The van der Waals surface area contributed by atoms with Crippen molar-refractivity contribution in [1.82, 2.24) is 9.38 Å². The first-order valence-electron chi connectivity index (χ1n) is 7.00. The van der Waals surface area contributed by atoms with E-state index in [0.717, 1.165) is 19.9 Å². The normalized spacial score (nSPS) is 10.8. The van der Waals surface area contributed by atoms with Crippen LogP contribution in [0.5, 0.6) is 0 Å². The van der Waals surface area contributed by atoms with Crippen LogP contribution in [-0.2, 0) is 0 Å². The molecule has 2 nitrogen and oxygen atoms in total. The third-order valence-electron chi connectivity index (χ3n) is 3.12. The van der Waals surface area contributed by atoms with E-state index in [0.29, 0.717) is 0 Å². The minimum Gasteiger partial charge on any atom is -0.306 e. The molecule has 0 saturated carbocycles. The summed E-state index contributed by atoms with van der Waals surface area (Å²) >= 11 is 0. The molecule has 0 spiro atoms. The Labute approximate surface area is 122 Å². The lowest BCUT2D eigenvalue weighted by Gasteiger charge is -1.99. The van der Waals surface area contributed by atoms with Crippen LogP contribution in [0.2, 0.25) is 0 Å². The molecule has 1 aromatic carbocycles. The lowest BCUT2D eigenvalue weighted by molar-refractivity contribution is 1.16. The van der Waals surface area contributed by atoms with E-state index in [1.165, 1.54) is 16.4 Å². The first kappa shape index (κ1) is 14.7. The molecular weight excluding hydrogens is 263 g/mol. The summed E-state index contributed by atoms with van der Waals surface area (Å²) in [6.45, 7) is 8.29. The minimum absolute atomic E-state index is 0.823. The van der Waals surface area contributed by atoms with E-state index < -0.39 is 0 Å². The average Bonchev–Trinajstić information content (AvgIpc) is 2.95. The lowest BCUT2D eigenvalue weighted by atomic mass is 10.2. The molecule has 104 valence electrons. The Bertz CT molecular complexity index is 701. The Kier molecular flexibility index (Phi) is 4.92. The molecule has 2 heterocycles. The SMILES string of the molecule is CC.CPc1cccc(-c2cn3cccc(C)c3n2)c1. The van der Waals surface area contributed by atoms with Gasteiger partial charge in [-0.2, -0.15) is 0 Å². The van der Waals surface area contributed by atoms with Gasteiger partial charge < -0.3 is 4.40 Å². The number of rotatable bonds is 2. The zero-order valence-corrected chi connectivity index (χ0v) is 13.5. The van der Waals surface area contributed by atoms with Gasteiger partial charge in [0, 0.05) is 18.0 Å². The summed E-state index contributed by atoms with van der Waals surface area (Å²) in [7, 11) is 0.823. The smallest absolute Gasteiger partial charge is 0.140 e. The molecule has 0 fully saturated rings. The van der Waals surface area contributed by atoms with Crippen molar-refractivity contribution in [3.05, 3.63) is 54.4 Å². The Hall–Kier alpha value is -1.66. The van der Waals surface area contributed by atoms with E-state index in [1.54, 1.807) is 0 Å². The monoisotopic (exact) mass is 284 g/mol. The first-order valence-corrected chi connectivity index (χ1v) is 8.50. The van der Waals surface area contributed by atoms with E-state index in [4.69, 9.17) is 4.98 Å². The highest BCUT2D eigenvalue weighted by atomic mass is 31.1. The van der Waals surface area contributed by atoms with Crippen LogP contribution in [-0.4, -0.2) is 16.0 Å². The van der Waals surface area contributed by atoms with Crippen molar-refractivity contribution < 1.29 is 0 Å². The van der Waals surface area contributed by atoms with Gasteiger partial charge in [-0.1, -0.05) is 46.7 Å². The summed E-state index contributed by atoms with van der Waals surface area (Å²) in [5.74, 6) is 0. The predicted molar refractivity (Wildman–Crippen MR) is 90.6 cm³/mol. The van der Waals surface area contributed by atoms with Gasteiger partial charge in [-0.3, -0.25) is 0 Å². The van der Waals surface area contributed by atoms with Crippen molar-refractivity contribution in [1.29, 1.82) is 0 Å². The van der Waals surface area contributed by atoms with Gasteiger partial charge in [0.1, 0.15) is 5.65 Å². The molecule has 1 atom stereocenters. The molecule has 2 aromatic heterocycles. The standard InChI is InChI=1S/C15H15N2P.C2H6/c1-11-5-4-8-17-10-14(16-15(11)17)12-6-3-7-13(9-12)18-2;1-2/h3-10,18H,1-2H3;1-2H3. The fourth-order valence-electron chi connectivity index (χ4n) is 2.13. The van der Waals surface area contributed by atoms with Crippen molar-refractivity contribution >= 4 is 19.5 Å². The number of pyridine rings is 1. The third-order valence-corrected chi connectivity index (χ3v) is 4.01. The van der Waals surface area contributed by atoms with E-state index in [9.17, 15) is 0 Å². The fraction of sp³-hybridized carbons (Fsp3) is 0.235. The van der Waals surface area contributed by atoms with E-state index in [-0.39, 0.29) is 0 Å². The molecule has 3 aromatic rings. The molecule has 0 saturated heterocycles. The summed E-state index contributed by atoms with van der Waals surface area (Å²) in [6.07, 6.45) is 4.14. The highest BCUT2D eigenvalue weighted by Crippen LogP contribution is 2.21. The maximum absolute atomic E-state index is 4.72.